The van der Waals surface area contributed by atoms with E-state index < -0.39 is 10.8 Å². The molecule has 0 N–H and O–H groups in total. The highest BCUT2D eigenvalue weighted by molar-refractivity contribution is 8.16. The summed E-state index contributed by atoms with van der Waals surface area (Å²) in [4.78, 5) is 4.56. The molecule has 0 aliphatic carbocycles. The summed E-state index contributed by atoms with van der Waals surface area (Å²) in [7, 11) is 0.666. The van der Waals surface area contributed by atoms with Crippen LogP contribution in [0.15, 0.2) is 46.8 Å². The average molecular weight is 343 g/mol. The lowest BCUT2D eigenvalue weighted by molar-refractivity contribution is 0.420. The van der Waals surface area contributed by atoms with Gasteiger partial charge in [-0.2, -0.15) is 0 Å². The maximum Gasteiger partial charge on any atom is 0.127 e. The van der Waals surface area contributed by atoms with E-state index in [1.807, 2.05) is 48.7 Å². The Morgan fingerprint density at radius 2 is 1.96 bits per heavy atom. The largest absolute Gasteiger partial charge is 0.496 e. The second kappa shape index (κ2) is 6.72. The molecular formula is C18H17NO2S2. The van der Waals surface area contributed by atoms with Crippen LogP contribution in [0.25, 0.3) is 27.8 Å². The molecule has 1 atom stereocenters. The Balaban J connectivity index is 2.38. The maximum absolute atomic E-state index is 11.8. The van der Waals surface area contributed by atoms with Gasteiger partial charge in [-0.1, -0.05) is 24.3 Å². The van der Waals surface area contributed by atoms with E-state index in [2.05, 4.69) is 4.98 Å². The normalized spacial score (nSPS) is 13.4. The molecular weight excluding hydrogens is 326 g/mol. The summed E-state index contributed by atoms with van der Waals surface area (Å²) in [5.41, 5.74) is 1.93. The second-order valence-corrected chi connectivity index (χ2v) is 7.50. The molecule has 0 aliphatic rings. The van der Waals surface area contributed by atoms with Crippen LogP contribution in [-0.2, 0) is 10.8 Å². The lowest BCUT2D eigenvalue weighted by Gasteiger charge is -2.11. The van der Waals surface area contributed by atoms with Crippen molar-refractivity contribution in [3.05, 3.63) is 52.4 Å². The van der Waals surface area contributed by atoms with Crippen molar-refractivity contribution in [3.63, 3.8) is 0 Å². The Labute approximate surface area is 142 Å². The summed E-state index contributed by atoms with van der Waals surface area (Å²) in [5, 5.41) is 3.10. The minimum Gasteiger partial charge on any atom is -0.496 e. The highest BCUT2D eigenvalue weighted by Gasteiger charge is 2.11. The fourth-order valence-corrected chi connectivity index (χ4v) is 4.13. The second-order valence-electron chi connectivity index (χ2n) is 5.04. The van der Waals surface area contributed by atoms with E-state index in [-0.39, 0.29) is 0 Å². The molecule has 118 valence electrons. The SMILES string of the molecule is COc1cc2c(/C=C(/SC)S(C)=O)ccnc2c2ccccc12. The van der Waals surface area contributed by atoms with Gasteiger partial charge in [0, 0.05) is 28.6 Å². The fourth-order valence-electron chi connectivity index (χ4n) is 2.65. The quantitative estimate of drug-likeness (QED) is 0.657. The number of nitrogens with zero attached hydrogens (tertiary/aromatic N) is 1. The number of aromatic nitrogens is 1. The number of benzene rings is 2. The van der Waals surface area contributed by atoms with Crippen molar-refractivity contribution in [2.45, 2.75) is 0 Å². The van der Waals surface area contributed by atoms with Gasteiger partial charge in [-0.3, -0.25) is 9.19 Å². The van der Waals surface area contributed by atoms with Gasteiger partial charge in [0.2, 0.25) is 0 Å². The minimum atomic E-state index is -1.01. The Morgan fingerprint density at radius 1 is 1.22 bits per heavy atom. The van der Waals surface area contributed by atoms with Gasteiger partial charge in [-0.05, 0) is 30.0 Å². The van der Waals surface area contributed by atoms with E-state index in [1.54, 1.807) is 19.6 Å². The van der Waals surface area contributed by atoms with Gasteiger partial charge in [0.05, 0.1) is 27.7 Å². The van der Waals surface area contributed by atoms with Crippen LogP contribution < -0.4 is 4.74 Å². The van der Waals surface area contributed by atoms with Gasteiger partial charge >= 0.3 is 0 Å². The van der Waals surface area contributed by atoms with E-state index in [4.69, 9.17) is 4.74 Å². The highest BCUT2D eigenvalue weighted by Crippen LogP contribution is 2.34. The monoisotopic (exact) mass is 343 g/mol. The number of hydrogen-bond acceptors (Lipinski definition) is 4. The van der Waals surface area contributed by atoms with Crippen LogP contribution in [0.3, 0.4) is 0 Å². The smallest absolute Gasteiger partial charge is 0.127 e. The summed E-state index contributed by atoms with van der Waals surface area (Å²) < 4.78 is 18.2. The van der Waals surface area contributed by atoms with Gasteiger partial charge in [0.25, 0.3) is 0 Å². The molecule has 0 fully saturated rings. The molecule has 0 amide bonds. The van der Waals surface area contributed by atoms with Gasteiger partial charge in [-0.25, -0.2) is 0 Å². The van der Waals surface area contributed by atoms with Crippen LogP contribution in [0.4, 0.5) is 0 Å². The van der Waals surface area contributed by atoms with Crippen LogP contribution in [-0.4, -0.2) is 28.8 Å². The number of pyridine rings is 1. The van der Waals surface area contributed by atoms with Crippen LogP contribution in [0, 0.1) is 0 Å². The third kappa shape index (κ3) is 2.99. The predicted octanol–water partition coefficient (Wildman–Crippen LogP) is 4.44. The molecule has 3 nitrogen and oxygen atoms in total. The predicted molar refractivity (Wildman–Crippen MR) is 101 cm³/mol. The molecule has 1 unspecified atom stereocenters. The van der Waals surface area contributed by atoms with Gasteiger partial charge in [0.1, 0.15) is 5.75 Å². The molecule has 3 rings (SSSR count). The highest BCUT2D eigenvalue weighted by atomic mass is 32.2. The molecule has 0 saturated carbocycles. The first-order valence-corrected chi connectivity index (χ1v) is 9.87. The number of ether oxygens (including phenoxy) is 1. The Hall–Kier alpha value is -1.85. The lowest BCUT2D eigenvalue weighted by Crippen LogP contribution is -1.92. The average Bonchev–Trinajstić information content (AvgIpc) is 2.58. The van der Waals surface area contributed by atoms with E-state index in [1.165, 1.54) is 11.8 Å². The summed E-state index contributed by atoms with van der Waals surface area (Å²) in [6, 6.07) is 12.0. The Kier molecular flexibility index (Phi) is 4.68. The Bertz CT molecular complexity index is 935. The van der Waals surface area contributed by atoms with E-state index >= 15 is 0 Å². The van der Waals surface area contributed by atoms with E-state index in [0.717, 1.165) is 37.2 Å². The number of hydrogen-bond donors (Lipinski definition) is 0. The first kappa shape index (κ1) is 16.0. The standard InChI is InChI=1S/C18H17NO2S2/c1-21-16-11-15-12(10-17(22-2)23(3)20)8-9-19-18(15)14-7-5-4-6-13(14)16/h4-11H,1-3H3/b17-10-. The van der Waals surface area contributed by atoms with Crippen LogP contribution in [0.5, 0.6) is 5.75 Å². The Morgan fingerprint density at radius 3 is 2.61 bits per heavy atom. The van der Waals surface area contributed by atoms with Crippen LogP contribution in [0.1, 0.15) is 5.56 Å². The molecule has 0 spiro atoms. The molecule has 1 heterocycles. The minimum absolute atomic E-state index is 0.819. The van der Waals surface area contributed by atoms with Crippen LogP contribution in [0.2, 0.25) is 0 Å². The van der Waals surface area contributed by atoms with Crippen LogP contribution >= 0.6 is 11.8 Å². The molecule has 1 aromatic heterocycles. The summed E-state index contributed by atoms with van der Waals surface area (Å²) >= 11 is 1.50. The molecule has 0 saturated heterocycles. The molecule has 5 heteroatoms. The van der Waals surface area contributed by atoms with E-state index in [0.29, 0.717) is 0 Å². The summed E-state index contributed by atoms with van der Waals surface area (Å²) in [6.07, 6.45) is 7.40. The fraction of sp³-hybridized carbons (Fsp3) is 0.167. The summed E-state index contributed by atoms with van der Waals surface area (Å²) in [5.74, 6) is 0.819. The molecule has 3 aromatic rings. The van der Waals surface area contributed by atoms with Gasteiger partial charge in [-0.15, -0.1) is 11.8 Å². The molecule has 0 aliphatic heterocycles. The number of fused-ring (bicyclic) bond motifs is 3. The van der Waals surface area contributed by atoms with Gasteiger partial charge < -0.3 is 4.74 Å². The number of rotatable bonds is 4. The van der Waals surface area contributed by atoms with E-state index in [9.17, 15) is 4.21 Å². The van der Waals surface area contributed by atoms with Crippen molar-refractivity contribution in [3.8, 4) is 5.75 Å². The topological polar surface area (TPSA) is 39.2 Å². The first-order valence-electron chi connectivity index (χ1n) is 7.09. The molecule has 2 aromatic carbocycles. The molecule has 0 bridgehead atoms. The number of methoxy groups -OCH3 is 1. The first-order chi connectivity index (χ1) is 11.2. The van der Waals surface area contributed by atoms with Crippen molar-refractivity contribution >= 4 is 50.3 Å². The third-order valence-electron chi connectivity index (χ3n) is 3.72. The number of thioether (sulfide) groups is 1. The van der Waals surface area contributed by atoms with Crippen molar-refractivity contribution < 1.29 is 8.95 Å². The zero-order valence-electron chi connectivity index (χ0n) is 13.2. The lowest BCUT2D eigenvalue weighted by atomic mass is 10.0. The summed E-state index contributed by atoms with van der Waals surface area (Å²) in [6.45, 7) is 0. The van der Waals surface area contributed by atoms with Crippen molar-refractivity contribution in [1.82, 2.24) is 4.98 Å². The maximum atomic E-state index is 11.8. The van der Waals surface area contributed by atoms with Crippen molar-refractivity contribution in [1.29, 1.82) is 0 Å². The van der Waals surface area contributed by atoms with Crippen molar-refractivity contribution in [2.75, 3.05) is 19.6 Å². The van der Waals surface area contributed by atoms with Crippen molar-refractivity contribution in [2.24, 2.45) is 0 Å². The third-order valence-corrected chi connectivity index (χ3v) is 6.13. The molecule has 0 radical (unpaired) electrons. The van der Waals surface area contributed by atoms with Gasteiger partial charge in [0.15, 0.2) is 0 Å². The molecule has 23 heavy (non-hydrogen) atoms. The zero-order chi connectivity index (χ0) is 16.4. The zero-order valence-corrected chi connectivity index (χ0v) is 14.8.